The van der Waals surface area contributed by atoms with E-state index in [1.54, 1.807) is 0 Å². The van der Waals surface area contributed by atoms with Crippen LogP contribution in [0, 0.1) is 23.2 Å². The highest BCUT2D eigenvalue weighted by Gasteiger charge is 2.16. The summed E-state index contributed by atoms with van der Waals surface area (Å²) in [5.41, 5.74) is 1.07. The molecule has 0 bridgehead atoms. The lowest BCUT2D eigenvalue weighted by atomic mass is 9.86. The third-order valence-corrected chi connectivity index (χ3v) is 4.09. The Bertz CT molecular complexity index is 403. The SMILES string of the molecule is C=N/C=C(\C=C(/C)C(CC#N)C(C)C)S(=O)CC. The molecule has 0 aromatic heterocycles. The molecule has 0 aromatic carbocycles. The van der Waals surface area contributed by atoms with E-state index in [0.717, 1.165) is 5.57 Å². The predicted molar refractivity (Wildman–Crippen MR) is 78.6 cm³/mol. The Kier molecular flexibility index (Phi) is 8.23. The van der Waals surface area contributed by atoms with Gasteiger partial charge in [-0.2, -0.15) is 5.26 Å². The lowest BCUT2D eigenvalue weighted by Gasteiger charge is -2.19. The number of hydrogen-bond acceptors (Lipinski definition) is 3. The molecule has 0 fully saturated rings. The lowest BCUT2D eigenvalue weighted by molar-refractivity contribution is 0.450. The van der Waals surface area contributed by atoms with Gasteiger partial charge in [0.05, 0.1) is 21.8 Å². The fourth-order valence-electron chi connectivity index (χ4n) is 1.77. The van der Waals surface area contributed by atoms with Crippen molar-refractivity contribution in [3.63, 3.8) is 0 Å². The Balaban J connectivity index is 5.23. The molecular weight excluding hydrogens is 244 g/mol. The Morgan fingerprint density at radius 1 is 1.56 bits per heavy atom. The summed E-state index contributed by atoms with van der Waals surface area (Å²) in [4.78, 5) is 4.37. The molecule has 18 heavy (non-hydrogen) atoms. The van der Waals surface area contributed by atoms with Gasteiger partial charge in [0.1, 0.15) is 0 Å². The molecule has 0 saturated carbocycles. The maximum atomic E-state index is 11.8. The van der Waals surface area contributed by atoms with Crippen molar-refractivity contribution in [2.75, 3.05) is 5.75 Å². The van der Waals surface area contributed by atoms with Gasteiger partial charge in [-0.25, -0.2) is 0 Å². The van der Waals surface area contributed by atoms with Crippen LogP contribution in [0.5, 0.6) is 0 Å². The van der Waals surface area contributed by atoms with Gasteiger partial charge in [-0.15, -0.1) is 0 Å². The minimum absolute atomic E-state index is 0.192. The first kappa shape index (κ1) is 16.8. The summed E-state index contributed by atoms with van der Waals surface area (Å²) >= 11 is 0. The Labute approximate surface area is 113 Å². The van der Waals surface area contributed by atoms with E-state index in [2.05, 4.69) is 31.6 Å². The maximum absolute atomic E-state index is 11.8. The Hall–Kier alpha value is -1.21. The fraction of sp³-hybridized carbons (Fsp3) is 0.571. The summed E-state index contributed by atoms with van der Waals surface area (Å²) < 4.78 is 11.8. The molecule has 0 heterocycles. The number of nitriles is 1. The third-order valence-electron chi connectivity index (χ3n) is 2.81. The zero-order valence-corrected chi connectivity index (χ0v) is 12.5. The lowest BCUT2D eigenvalue weighted by Crippen LogP contribution is -2.10. The third kappa shape index (κ3) is 5.42. The monoisotopic (exact) mass is 266 g/mol. The molecular formula is C14H22N2OS. The van der Waals surface area contributed by atoms with E-state index in [1.165, 1.54) is 6.20 Å². The van der Waals surface area contributed by atoms with Crippen LogP contribution < -0.4 is 0 Å². The van der Waals surface area contributed by atoms with E-state index < -0.39 is 10.8 Å². The molecule has 0 saturated heterocycles. The van der Waals surface area contributed by atoms with Crippen LogP contribution in [0.1, 0.15) is 34.1 Å². The van der Waals surface area contributed by atoms with Crippen molar-refractivity contribution in [3.05, 3.63) is 22.8 Å². The fourth-order valence-corrected chi connectivity index (χ4v) is 2.61. The minimum atomic E-state index is -1.05. The maximum Gasteiger partial charge on any atom is 0.0628 e. The van der Waals surface area contributed by atoms with Gasteiger partial charge in [-0.3, -0.25) is 9.20 Å². The quantitative estimate of drug-likeness (QED) is 0.523. The molecule has 3 nitrogen and oxygen atoms in total. The van der Waals surface area contributed by atoms with Crippen molar-refractivity contribution < 1.29 is 4.21 Å². The van der Waals surface area contributed by atoms with Crippen LogP contribution in [0.2, 0.25) is 0 Å². The van der Waals surface area contributed by atoms with Crippen LogP contribution in [-0.4, -0.2) is 16.7 Å². The van der Waals surface area contributed by atoms with E-state index in [0.29, 0.717) is 23.0 Å². The second kappa shape index (κ2) is 8.82. The molecule has 0 spiro atoms. The summed E-state index contributed by atoms with van der Waals surface area (Å²) in [7, 11) is -1.05. The first-order chi connectivity index (χ1) is 8.47. The molecule has 0 rings (SSSR count). The van der Waals surface area contributed by atoms with Gasteiger partial charge < -0.3 is 0 Å². The van der Waals surface area contributed by atoms with Gasteiger partial charge in [0.15, 0.2) is 0 Å². The molecule has 2 unspecified atom stereocenters. The standard InChI is InChI=1S/C14H22N2OS/c1-6-18(17)13(10-16-5)9-12(4)14(7-8-15)11(2)3/h9-11,14H,5-7H2,1-4H3/b12-9+,13-10+. The van der Waals surface area contributed by atoms with Crippen LogP contribution in [0.4, 0.5) is 0 Å². The molecule has 0 aliphatic heterocycles. The zero-order chi connectivity index (χ0) is 14.1. The number of aliphatic imine (C=N–C) groups is 1. The number of rotatable bonds is 7. The summed E-state index contributed by atoms with van der Waals surface area (Å²) in [5.74, 6) is 1.13. The Morgan fingerprint density at radius 2 is 2.17 bits per heavy atom. The number of nitrogens with zero attached hydrogens (tertiary/aromatic N) is 2. The van der Waals surface area contributed by atoms with Gasteiger partial charge in [0, 0.05) is 18.4 Å². The normalized spacial score (nSPS) is 16.2. The largest absolute Gasteiger partial charge is 0.271 e. The van der Waals surface area contributed by atoms with Crippen molar-refractivity contribution in [2.45, 2.75) is 34.1 Å². The molecule has 0 aromatic rings. The summed E-state index contributed by atoms with van der Waals surface area (Å²) in [5, 5.41) is 8.85. The van der Waals surface area contributed by atoms with Crippen molar-refractivity contribution in [1.29, 1.82) is 5.26 Å². The van der Waals surface area contributed by atoms with Crippen molar-refractivity contribution in [1.82, 2.24) is 0 Å². The van der Waals surface area contributed by atoms with Crippen LogP contribution >= 0.6 is 0 Å². The van der Waals surface area contributed by atoms with E-state index in [1.807, 2.05) is 19.9 Å². The van der Waals surface area contributed by atoms with Crippen molar-refractivity contribution in [2.24, 2.45) is 16.8 Å². The topological polar surface area (TPSA) is 53.2 Å². The van der Waals surface area contributed by atoms with Crippen LogP contribution in [0.15, 0.2) is 27.7 Å². The van der Waals surface area contributed by atoms with E-state index in [4.69, 9.17) is 5.26 Å². The second-order valence-corrected chi connectivity index (χ2v) is 6.19. The average Bonchev–Trinajstić information content (AvgIpc) is 2.33. The second-order valence-electron chi connectivity index (χ2n) is 4.45. The average molecular weight is 266 g/mol. The summed E-state index contributed by atoms with van der Waals surface area (Å²) in [6.45, 7) is 11.4. The van der Waals surface area contributed by atoms with Gasteiger partial charge in [0.2, 0.25) is 0 Å². The molecule has 0 radical (unpaired) electrons. The van der Waals surface area contributed by atoms with Gasteiger partial charge in [-0.05, 0) is 31.6 Å². The van der Waals surface area contributed by atoms with Gasteiger partial charge >= 0.3 is 0 Å². The highest BCUT2D eigenvalue weighted by atomic mass is 32.2. The number of hydrogen-bond donors (Lipinski definition) is 0. The summed E-state index contributed by atoms with van der Waals surface area (Å²) in [6.07, 6.45) is 3.90. The highest BCUT2D eigenvalue weighted by Crippen LogP contribution is 2.25. The molecule has 100 valence electrons. The smallest absolute Gasteiger partial charge is 0.0628 e. The molecule has 0 aliphatic rings. The molecule has 2 atom stereocenters. The molecule has 0 aliphatic carbocycles. The van der Waals surface area contributed by atoms with Crippen LogP contribution in [0.3, 0.4) is 0 Å². The predicted octanol–water partition coefficient (Wildman–Crippen LogP) is 3.43. The van der Waals surface area contributed by atoms with E-state index in [9.17, 15) is 4.21 Å². The first-order valence-corrected chi connectivity index (χ1v) is 7.39. The molecule has 0 N–H and O–H groups in total. The van der Waals surface area contributed by atoms with E-state index in [-0.39, 0.29) is 5.92 Å². The van der Waals surface area contributed by atoms with Crippen molar-refractivity contribution in [3.8, 4) is 6.07 Å². The van der Waals surface area contributed by atoms with Crippen LogP contribution in [0.25, 0.3) is 0 Å². The minimum Gasteiger partial charge on any atom is -0.271 e. The highest BCUT2D eigenvalue weighted by molar-refractivity contribution is 7.89. The first-order valence-electron chi connectivity index (χ1n) is 6.07. The molecule has 0 amide bonds. The van der Waals surface area contributed by atoms with E-state index >= 15 is 0 Å². The number of allylic oxidation sites excluding steroid dienone is 2. The summed E-state index contributed by atoms with van der Waals surface area (Å²) in [6, 6.07) is 2.21. The Morgan fingerprint density at radius 3 is 2.56 bits per heavy atom. The zero-order valence-electron chi connectivity index (χ0n) is 11.6. The van der Waals surface area contributed by atoms with Crippen LogP contribution in [-0.2, 0) is 10.8 Å². The van der Waals surface area contributed by atoms with Gasteiger partial charge in [0.25, 0.3) is 0 Å². The van der Waals surface area contributed by atoms with Crippen molar-refractivity contribution >= 4 is 17.5 Å². The molecule has 4 heteroatoms. The van der Waals surface area contributed by atoms with Gasteiger partial charge in [-0.1, -0.05) is 26.3 Å².